The van der Waals surface area contributed by atoms with Gasteiger partial charge in [-0.15, -0.1) is 0 Å². The first-order valence-electron chi connectivity index (χ1n) is 11.5. The van der Waals surface area contributed by atoms with Crippen LogP contribution in [0.15, 0.2) is 48.0 Å². The van der Waals surface area contributed by atoms with Crippen LogP contribution >= 0.6 is 0 Å². The Balaban J connectivity index is 1.84. The summed E-state index contributed by atoms with van der Waals surface area (Å²) in [5.74, 6) is -0.491. The Morgan fingerprint density at radius 3 is 2.31 bits per heavy atom. The fourth-order valence-electron chi connectivity index (χ4n) is 4.87. The molecule has 2 fully saturated rings. The maximum Gasteiger partial charge on any atom is 0.295 e. The molecule has 5 nitrogen and oxygen atoms in total. The molecular weight excluding hydrogens is 402 g/mol. The molecule has 168 valence electrons. The largest absolute Gasteiger partial charge is 0.507 e. The molecule has 1 heterocycles. The van der Waals surface area contributed by atoms with Crippen LogP contribution in [0.1, 0.15) is 67.3 Å². The topological polar surface area (TPSA) is 66.8 Å². The number of hydrogen-bond donors (Lipinski definition) is 1. The molecule has 1 N–H and O–H groups in total. The van der Waals surface area contributed by atoms with Crippen molar-refractivity contribution in [3.63, 3.8) is 0 Å². The highest BCUT2D eigenvalue weighted by atomic mass is 16.5. The van der Waals surface area contributed by atoms with Gasteiger partial charge in [-0.2, -0.15) is 0 Å². The Hall–Kier alpha value is -3.08. The van der Waals surface area contributed by atoms with E-state index in [-0.39, 0.29) is 17.4 Å². The SMILES string of the molecule is CCOc1ccc(C2/C(=C(/O)c3ccc(C)c(C)c3)C(=O)C(=O)N2C2CCCCC2)cc1. The monoisotopic (exact) mass is 433 g/mol. The number of hydrogen-bond acceptors (Lipinski definition) is 4. The average molecular weight is 434 g/mol. The third-order valence-corrected chi connectivity index (χ3v) is 6.74. The molecule has 0 radical (unpaired) electrons. The third kappa shape index (κ3) is 4.04. The molecule has 0 aromatic heterocycles. The number of carbonyl (C=O) groups excluding carboxylic acids is 2. The Morgan fingerprint density at radius 2 is 1.69 bits per heavy atom. The molecule has 0 spiro atoms. The van der Waals surface area contributed by atoms with Crippen molar-refractivity contribution in [3.8, 4) is 5.75 Å². The zero-order valence-electron chi connectivity index (χ0n) is 19.1. The number of amides is 1. The lowest BCUT2D eigenvalue weighted by Crippen LogP contribution is -2.40. The van der Waals surface area contributed by atoms with Gasteiger partial charge in [-0.3, -0.25) is 9.59 Å². The van der Waals surface area contributed by atoms with Gasteiger partial charge in [0.2, 0.25) is 0 Å². The van der Waals surface area contributed by atoms with Gasteiger partial charge < -0.3 is 14.7 Å². The van der Waals surface area contributed by atoms with Crippen LogP contribution < -0.4 is 4.74 Å². The van der Waals surface area contributed by atoms with E-state index in [1.54, 1.807) is 11.0 Å². The van der Waals surface area contributed by atoms with Crippen molar-refractivity contribution in [3.05, 3.63) is 70.3 Å². The highest BCUT2D eigenvalue weighted by molar-refractivity contribution is 6.46. The summed E-state index contributed by atoms with van der Waals surface area (Å²) in [6, 6.07) is 12.5. The molecule has 1 aliphatic heterocycles. The van der Waals surface area contributed by atoms with E-state index >= 15 is 0 Å². The zero-order chi connectivity index (χ0) is 22.8. The van der Waals surface area contributed by atoms with Crippen molar-refractivity contribution in [2.75, 3.05) is 6.61 Å². The Morgan fingerprint density at radius 1 is 1.00 bits per heavy atom. The van der Waals surface area contributed by atoms with Crippen molar-refractivity contribution in [2.45, 2.75) is 65.0 Å². The third-order valence-electron chi connectivity index (χ3n) is 6.74. The number of aliphatic hydroxyl groups is 1. The number of benzene rings is 2. The number of rotatable bonds is 5. The molecule has 0 bridgehead atoms. The summed E-state index contributed by atoms with van der Waals surface area (Å²) < 4.78 is 5.57. The maximum atomic E-state index is 13.2. The second kappa shape index (κ2) is 9.19. The number of carbonyl (C=O) groups is 2. The number of nitrogens with zero attached hydrogens (tertiary/aromatic N) is 1. The van der Waals surface area contributed by atoms with Crippen LogP contribution in [0.2, 0.25) is 0 Å². The number of ketones is 1. The molecule has 1 saturated heterocycles. The summed E-state index contributed by atoms with van der Waals surface area (Å²) in [4.78, 5) is 28.2. The van der Waals surface area contributed by atoms with Gasteiger partial charge in [0.25, 0.3) is 11.7 Å². The predicted octanol–water partition coefficient (Wildman–Crippen LogP) is 5.46. The Bertz CT molecular complexity index is 1050. The van der Waals surface area contributed by atoms with Gasteiger partial charge in [0.1, 0.15) is 11.5 Å². The number of Topliss-reactive ketones (excluding diaryl/α,β-unsaturated/α-hetero) is 1. The van der Waals surface area contributed by atoms with Crippen LogP contribution in [0.4, 0.5) is 0 Å². The van der Waals surface area contributed by atoms with E-state index in [1.165, 1.54) is 0 Å². The van der Waals surface area contributed by atoms with Crippen molar-refractivity contribution in [2.24, 2.45) is 0 Å². The van der Waals surface area contributed by atoms with Gasteiger partial charge in [-0.05, 0) is 68.5 Å². The summed E-state index contributed by atoms with van der Waals surface area (Å²) in [5, 5.41) is 11.3. The molecule has 1 unspecified atom stereocenters. The standard InChI is InChI=1S/C27H31NO4/c1-4-32-22-14-12-19(13-15-22)24-23(25(29)20-11-10-17(2)18(3)16-20)26(30)27(31)28(24)21-8-6-5-7-9-21/h10-16,21,24,29H,4-9H2,1-3H3/b25-23-. The lowest BCUT2D eigenvalue weighted by molar-refractivity contribution is -0.141. The van der Waals surface area contributed by atoms with Gasteiger partial charge in [0, 0.05) is 11.6 Å². The minimum absolute atomic E-state index is 0.00169. The van der Waals surface area contributed by atoms with Gasteiger partial charge >= 0.3 is 0 Å². The fraction of sp³-hybridized carbons (Fsp3) is 0.407. The molecule has 1 amide bonds. The fourth-order valence-corrected chi connectivity index (χ4v) is 4.87. The smallest absolute Gasteiger partial charge is 0.295 e. The van der Waals surface area contributed by atoms with E-state index in [0.29, 0.717) is 12.2 Å². The number of aryl methyl sites for hydroxylation is 2. The molecular formula is C27H31NO4. The van der Waals surface area contributed by atoms with Crippen molar-refractivity contribution in [1.29, 1.82) is 0 Å². The molecule has 1 saturated carbocycles. The van der Waals surface area contributed by atoms with Crippen LogP contribution in [0.25, 0.3) is 5.76 Å². The molecule has 32 heavy (non-hydrogen) atoms. The number of aliphatic hydroxyl groups excluding tert-OH is 1. The highest BCUT2D eigenvalue weighted by Crippen LogP contribution is 2.43. The molecule has 5 heteroatoms. The molecule has 2 aromatic carbocycles. The minimum atomic E-state index is -0.606. The van der Waals surface area contributed by atoms with E-state index in [9.17, 15) is 14.7 Å². The summed E-state index contributed by atoms with van der Waals surface area (Å²) >= 11 is 0. The molecule has 4 rings (SSSR count). The van der Waals surface area contributed by atoms with E-state index in [0.717, 1.165) is 54.5 Å². The molecule has 2 aliphatic rings. The van der Waals surface area contributed by atoms with Crippen LogP contribution in [-0.2, 0) is 9.59 Å². The van der Waals surface area contributed by atoms with Gasteiger partial charge in [-0.1, -0.05) is 43.5 Å². The lowest BCUT2D eigenvalue weighted by Gasteiger charge is -2.35. The predicted molar refractivity (Wildman–Crippen MR) is 125 cm³/mol. The van der Waals surface area contributed by atoms with Crippen LogP contribution in [0.5, 0.6) is 5.75 Å². The summed E-state index contributed by atoms with van der Waals surface area (Å²) in [6.45, 7) is 6.46. The summed E-state index contributed by atoms with van der Waals surface area (Å²) in [6.07, 6.45) is 4.99. The van der Waals surface area contributed by atoms with Crippen molar-refractivity contribution < 1.29 is 19.4 Å². The minimum Gasteiger partial charge on any atom is -0.507 e. The summed E-state index contributed by atoms with van der Waals surface area (Å²) in [7, 11) is 0. The first-order valence-corrected chi connectivity index (χ1v) is 11.5. The molecule has 2 aromatic rings. The number of likely N-dealkylation sites (tertiary alicyclic amines) is 1. The summed E-state index contributed by atoms with van der Waals surface area (Å²) in [5.41, 5.74) is 3.67. The normalized spacial score (nSPS) is 21.2. The Labute approximate surface area is 189 Å². The van der Waals surface area contributed by atoms with Crippen LogP contribution in [0.3, 0.4) is 0 Å². The van der Waals surface area contributed by atoms with Crippen LogP contribution in [0, 0.1) is 13.8 Å². The van der Waals surface area contributed by atoms with Crippen molar-refractivity contribution in [1.82, 2.24) is 4.90 Å². The van der Waals surface area contributed by atoms with Crippen molar-refractivity contribution >= 4 is 17.4 Å². The van der Waals surface area contributed by atoms with Gasteiger partial charge in [0.15, 0.2) is 0 Å². The maximum absolute atomic E-state index is 13.2. The van der Waals surface area contributed by atoms with Gasteiger partial charge in [0.05, 0.1) is 18.2 Å². The van der Waals surface area contributed by atoms with E-state index < -0.39 is 17.7 Å². The van der Waals surface area contributed by atoms with Gasteiger partial charge in [-0.25, -0.2) is 0 Å². The average Bonchev–Trinajstić information content (AvgIpc) is 3.07. The second-order valence-corrected chi connectivity index (χ2v) is 8.80. The lowest BCUT2D eigenvalue weighted by atomic mass is 9.90. The molecule has 1 atom stereocenters. The zero-order valence-corrected chi connectivity index (χ0v) is 19.1. The second-order valence-electron chi connectivity index (χ2n) is 8.80. The first kappa shape index (κ1) is 22.1. The quantitative estimate of drug-likeness (QED) is 0.386. The Kier molecular flexibility index (Phi) is 6.35. The highest BCUT2D eigenvalue weighted by Gasteiger charge is 2.48. The molecule has 1 aliphatic carbocycles. The number of ether oxygens (including phenoxy) is 1. The van der Waals surface area contributed by atoms with E-state index in [1.807, 2.05) is 57.2 Å². The van der Waals surface area contributed by atoms with E-state index in [2.05, 4.69) is 0 Å². The van der Waals surface area contributed by atoms with E-state index in [4.69, 9.17) is 4.74 Å². The van der Waals surface area contributed by atoms with Crippen LogP contribution in [-0.4, -0.2) is 34.3 Å². The first-order chi connectivity index (χ1) is 15.4.